The minimum absolute atomic E-state index is 0.0417. The number of aromatic nitrogens is 5. The van der Waals surface area contributed by atoms with Gasteiger partial charge in [0.25, 0.3) is 5.91 Å². The molecular formula is C26H31N7O3. The second-order valence-electron chi connectivity index (χ2n) is 8.63. The summed E-state index contributed by atoms with van der Waals surface area (Å²) in [5.41, 5.74) is 4.28. The largest absolute Gasteiger partial charge is 0.508 e. The molecule has 0 radical (unpaired) electrons. The molecule has 4 rings (SSSR count). The van der Waals surface area contributed by atoms with Crippen LogP contribution in [0.1, 0.15) is 34.4 Å². The smallest absolute Gasteiger partial charge is 0.273 e. The molecule has 0 aliphatic carbocycles. The lowest BCUT2D eigenvalue weighted by Gasteiger charge is -2.18. The molecule has 4 aromatic rings. The van der Waals surface area contributed by atoms with Crippen molar-refractivity contribution in [3.05, 3.63) is 59.2 Å². The Hall–Kier alpha value is -4.05. The van der Waals surface area contributed by atoms with Crippen LogP contribution < -0.4 is 5.32 Å². The molecule has 0 fully saturated rings. The molecule has 10 nitrogen and oxygen atoms in total. The van der Waals surface area contributed by atoms with E-state index in [2.05, 4.69) is 20.4 Å². The lowest BCUT2D eigenvalue weighted by Crippen LogP contribution is -2.27. The zero-order chi connectivity index (χ0) is 25.8. The van der Waals surface area contributed by atoms with E-state index in [1.165, 1.54) is 6.07 Å². The minimum atomic E-state index is -0.276. The van der Waals surface area contributed by atoms with Crippen molar-refractivity contribution in [1.29, 1.82) is 0 Å². The Labute approximate surface area is 210 Å². The number of methoxy groups -OCH3 is 1. The van der Waals surface area contributed by atoms with Gasteiger partial charge in [0.1, 0.15) is 17.3 Å². The molecule has 0 saturated heterocycles. The Morgan fingerprint density at radius 2 is 1.97 bits per heavy atom. The molecule has 0 unspecified atom stereocenters. The number of aryl methyl sites for hydroxylation is 2. The Morgan fingerprint density at radius 3 is 2.69 bits per heavy atom. The monoisotopic (exact) mass is 489 g/mol. The van der Waals surface area contributed by atoms with E-state index in [1.54, 1.807) is 37.4 Å². The molecule has 0 aliphatic rings. The highest BCUT2D eigenvalue weighted by atomic mass is 16.5. The predicted octanol–water partition coefficient (Wildman–Crippen LogP) is 3.56. The number of phenolic OH excluding ortho intramolecular Hbond substituents is 1. The van der Waals surface area contributed by atoms with Crippen LogP contribution in [-0.4, -0.2) is 68.0 Å². The molecule has 0 saturated carbocycles. The number of carbonyl (C=O) groups excluding carboxylic acids is 1. The summed E-state index contributed by atoms with van der Waals surface area (Å²) >= 11 is 0. The maximum Gasteiger partial charge on any atom is 0.273 e. The number of carbonyl (C=O) groups is 1. The van der Waals surface area contributed by atoms with Crippen molar-refractivity contribution in [1.82, 2.24) is 29.6 Å². The van der Waals surface area contributed by atoms with E-state index in [0.717, 1.165) is 29.1 Å². The summed E-state index contributed by atoms with van der Waals surface area (Å²) in [6, 6.07) is 8.49. The van der Waals surface area contributed by atoms with Crippen molar-refractivity contribution < 1.29 is 14.6 Å². The second kappa shape index (κ2) is 10.7. The Bertz CT molecular complexity index is 1400. The fraction of sp³-hybridized carbons (Fsp3) is 0.346. The first kappa shape index (κ1) is 25.1. The minimum Gasteiger partial charge on any atom is -0.508 e. The summed E-state index contributed by atoms with van der Waals surface area (Å²) in [6.45, 7) is 8.20. The molecule has 188 valence electrons. The van der Waals surface area contributed by atoms with Gasteiger partial charge in [0.15, 0.2) is 5.82 Å². The number of hydrogen-bond acceptors (Lipinski definition) is 8. The Morgan fingerprint density at radius 1 is 1.17 bits per heavy atom. The van der Waals surface area contributed by atoms with Crippen molar-refractivity contribution in [2.24, 2.45) is 0 Å². The first-order chi connectivity index (χ1) is 17.3. The van der Waals surface area contributed by atoms with Crippen LogP contribution in [0.25, 0.3) is 22.3 Å². The van der Waals surface area contributed by atoms with Crippen LogP contribution in [0.15, 0.2) is 36.5 Å². The fourth-order valence-electron chi connectivity index (χ4n) is 4.05. The van der Waals surface area contributed by atoms with E-state index < -0.39 is 0 Å². The van der Waals surface area contributed by atoms with E-state index in [-0.39, 0.29) is 17.4 Å². The van der Waals surface area contributed by atoms with Gasteiger partial charge in [-0.25, -0.2) is 15.0 Å². The summed E-state index contributed by atoms with van der Waals surface area (Å²) in [7, 11) is 3.38. The predicted molar refractivity (Wildman–Crippen MR) is 138 cm³/mol. The van der Waals surface area contributed by atoms with Gasteiger partial charge in [-0.3, -0.25) is 9.48 Å². The summed E-state index contributed by atoms with van der Waals surface area (Å²) in [6.07, 6.45) is 1.79. The molecular weight excluding hydrogens is 458 g/mol. The number of fused-ring (bicyclic) bond motifs is 1. The number of benzene rings is 1. The highest BCUT2D eigenvalue weighted by Crippen LogP contribution is 2.27. The second-order valence-corrected chi connectivity index (χ2v) is 8.63. The average Bonchev–Trinajstić information content (AvgIpc) is 3.21. The fourth-order valence-corrected chi connectivity index (χ4v) is 4.05. The lowest BCUT2D eigenvalue weighted by atomic mass is 10.1. The number of anilines is 1. The maximum atomic E-state index is 13.6. The number of ether oxygens (including phenoxy) is 1. The molecule has 1 amide bonds. The average molecular weight is 490 g/mol. The number of phenols is 1. The molecule has 0 atom stereocenters. The van der Waals surface area contributed by atoms with Crippen LogP contribution in [0.3, 0.4) is 0 Å². The van der Waals surface area contributed by atoms with Crippen molar-refractivity contribution >= 4 is 22.6 Å². The van der Waals surface area contributed by atoms with Crippen LogP contribution in [0.4, 0.5) is 5.82 Å². The van der Waals surface area contributed by atoms with Gasteiger partial charge in [-0.15, -0.1) is 0 Å². The van der Waals surface area contributed by atoms with E-state index in [0.29, 0.717) is 42.2 Å². The number of pyridine rings is 1. The van der Waals surface area contributed by atoms with Crippen LogP contribution in [0.2, 0.25) is 0 Å². The van der Waals surface area contributed by atoms with Crippen LogP contribution in [0.5, 0.6) is 5.75 Å². The number of aromatic hydroxyl groups is 1. The van der Waals surface area contributed by atoms with Gasteiger partial charge in [-0.05, 0) is 51.1 Å². The lowest BCUT2D eigenvalue weighted by molar-refractivity contribution is 0.0781. The Balaban J connectivity index is 1.74. The quantitative estimate of drug-likeness (QED) is 0.343. The first-order valence-electron chi connectivity index (χ1n) is 11.8. The Kier molecular flexibility index (Phi) is 7.44. The maximum absolute atomic E-state index is 13.6. The number of nitrogens with one attached hydrogen (secondary N) is 1. The third-order valence-corrected chi connectivity index (χ3v) is 5.96. The zero-order valence-electron chi connectivity index (χ0n) is 21.2. The van der Waals surface area contributed by atoms with Gasteiger partial charge in [0, 0.05) is 61.7 Å². The number of nitrogens with zero attached hydrogens (tertiary/aromatic N) is 6. The van der Waals surface area contributed by atoms with E-state index in [1.807, 2.05) is 37.6 Å². The van der Waals surface area contributed by atoms with Crippen LogP contribution >= 0.6 is 0 Å². The molecule has 0 spiro atoms. The molecule has 2 N–H and O–H groups in total. The van der Waals surface area contributed by atoms with E-state index >= 15 is 0 Å². The van der Waals surface area contributed by atoms with Crippen molar-refractivity contribution in [3.8, 4) is 17.1 Å². The number of rotatable bonds is 9. The third kappa shape index (κ3) is 5.28. The molecule has 1 aromatic carbocycles. The van der Waals surface area contributed by atoms with Crippen LogP contribution in [0, 0.1) is 13.8 Å². The highest BCUT2D eigenvalue weighted by Gasteiger charge is 2.21. The van der Waals surface area contributed by atoms with Crippen LogP contribution in [-0.2, 0) is 17.8 Å². The summed E-state index contributed by atoms with van der Waals surface area (Å²) < 4.78 is 7.00. The number of amides is 1. The third-order valence-electron chi connectivity index (χ3n) is 5.96. The molecule has 36 heavy (non-hydrogen) atoms. The summed E-state index contributed by atoms with van der Waals surface area (Å²) in [4.78, 5) is 29.1. The van der Waals surface area contributed by atoms with Gasteiger partial charge >= 0.3 is 0 Å². The molecule has 10 heteroatoms. The SMILES string of the molecule is CCn1ncc(CN(C)C(=O)c2nc(-c3cc(C)nc(NCCOC)c3)nc3ccc(O)cc23)c1C. The van der Waals surface area contributed by atoms with Crippen molar-refractivity contribution in [2.45, 2.75) is 33.9 Å². The zero-order valence-corrected chi connectivity index (χ0v) is 21.2. The van der Waals surface area contributed by atoms with Gasteiger partial charge in [-0.2, -0.15) is 5.10 Å². The topological polar surface area (TPSA) is 118 Å². The normalized spacial score (nSPS) is 11.1. The highest BCUT2D eigenvalue weighted by molar-refractivity contribution is 6.05. The molecule has 3 heterocycles. The summed E-state index contributed by atoms with van der Waals surface area (Å²) in [5.74, 6) is 0.840. The van der Waals surface area contributed by atoms with Crippen molar-refractivity contribution in [3.63, 3.8) is 0 Å². The standard InChI is InChI=1S/C26H31N7O3/c1-6-33-17(3)19(14-28-33)15-32(4)26(35)24-21-13-20(34)7-8-22(21)30-25(31-24)18-11-16(2)29-23(12-18)27-9-10-36-5/h7-8,11-14,34H,6,9-10,15H2,1-5H3,(H,27,29). The van der Waals surface area contributed by atoms with Gasteiger partial charge in [-0.1, -0.05) is 0 Å². The van der Waals surface area contributed by atoms with Gasteiger partial charge < -0.3 is 20.1 Å². The van der Waals surface area contributed by atoms with Crippen molar-refractivity contribution in [2.75, 3.05) is 32.6 Å². The molecule has 0 aliphatic heterocycles. The van der Waals surface area contributed by atoms with Gasteiger partial charge in [0.05, 0.1) is 18.3 Å². The van der Waals surface area contributed by atoms with E-state index in [9.17, 15) is 9.90 Å². The molecule has 3 aromatic heterocycles. The van der Waals surface area contributed by atoms with E-state index in [4.69, 9.17) is 9.72 Å². The first-order valence-corrected chi connectivity index (χ1v) is 11.8. The summed E-state index contributed by atoms with van der Waals surface area (Å²) in [5, 5.41) is 18.2. The van der Waals surface area contributed by atoms with Gasteiger partial charge in [0.2, 0.25) is 0 Å². The number of hydrogen-bond donors (Lipinski definition) is 2. The molecule has 0 bridgehead atoms.